The van der Waals surface area contributed by atoms with Gasteiger partial charge in [-0.2, -0.15) is 0 Å². The SMILES string of the molecule is Cc1ncsc1-c1ccc(C(C)NC(=O)[C@@H]2C[C@@H](O)CN2C(=O)C(NC(=O)COCCCN)C(C)(C)C)cc1. The van der Waals surface area contributed by atoms with Crippen molar-refractivity contribution in [2.24, 2.45) is 11.1 Å². The molecule has 1 aliphatic heterocycles. The van der Waals surface area contributed by atoms with Gasteiger partial charge in [0.15, 0.2) is 0 Å². The minimum absolute atomic E-state index is 0.0175. The van der Waals surface area contributed by atoms with E-state index in [2.05, 4.69) is 15.6 Å². The van der Waals surface area contributed by atoms with Crippen molar-refractivity contribution in [3.05, 3.63) is 41.0 Å². The topological polar surface area (TPSA) is 147 Å². The van der Waals surface area contributed by atoms with Crippen LogP contribution < -0.4 is 16.4 Å². The minimum atomic E-state index is -0.899. The highest BCUT2D eigenvalue weighted by molar-refractivity contribution is 7.13. The van der Waals surface area contributed by atoms with Gasteiger partial charge in [0.2, 0.25) is 17.7 Å². The maximum atomic E-state index is 13.7. The highest BCUT2D eigenvalue weighted by Gasteiger charge is 2.44. The molecule has 1 aromatic carbocycles. The van der Waals surface area contributed by atoms with Gasteiger partial charge in [-0.3, -0.25) is 14.4 Å². The Hall–Kier alpha value is -2.86. The average molecular weight is 560 g/mol. The summed E-state index contributed by atoms with van der Waals surface area (Å²) in [6, 6.07) is 5.88. The lowest BCUT2D eigenvalue weighted by Crippen LogP contribution is -2.58. The molecule has 11 heteroatoms. The highest BCUT2D eigenvalue weighted by atomic mass is 32.1. The smallest absolute Gasteiger partial charge is 0.246 e. The van der Waals surface area contributed by atoms with Crippen molar-refractivity contribution in [1.29, 1.82) is 0 Å². The molecule has 5 N–H and O–H groups in total. The number of aryl methyl sites for hydroxylation is 1. The fourth-order valence-electron chi connectivity index (χ4n) is 4.57. The number of nitrogens with two attached hydrogens (primary N) is 1. The van der Waals surface area contributed by atoms with Crippen molar-refractivity contribution >= 4 is 29.1 Å². The molecule has 2 aromatic rings. The van der Waals surface area contributed by atoms with Crippen LogP contribution in [0.2, 0.25) is 0 Å². The molecule has 10 nitrogen and oxygen atoms in total. The van der Waals surface area contributed by atoms with Crippen LogP contribution in [0.5, 0.6) is 0 Å². The van der Waals surface area contributed by atoms with Gasteiger partial charge in [-0.05, 0) is 43.4 Å². The van der Waals surface area contributed by atoms with Gasteiger partial charge in [0.05, 0.1) is 28.2 Å². The Labute approximate surface area is 234 Å². The molecule has 0 aliphatic carbocycles. The summed E-state index contributed by atoms with van der Waals surface area (Å²) in [4.78, 5) is 46.3. The first kappa shape index (κ1) is 30.7. The number of hydrogen-bond acceptors (Lipinski definition) is 8. The van der Waals surface area contributed by atoms with Gasteiger partial charge in [-0.1, -0.05) is 45.0 Å². The Kier molecular flexibility index (Phi) is 10.6. The van der Waals surface area contributed by atoms with E-state index in [0.29, 0.717) is 19.6 Å². The first-order valence-corrected chi connectivity index (χ1v) is 14.2. The maximum Gasteiger partial charge on any atom is 0.246 e. The number of aliphatic hydroxyl groups excluding tert-OH is 1. The lowest BCUT2D eigenvalue weighted by Gasteiger charge is -2.35. The molecule has 2 heterocycles. The molecule has 39 heavy (non-hydrogen) atoms. The second-order valence-corrected chi connectivity index (χ2v) is 11.9. The number of aromatic nitrogens is 1. The van der Waals surface area contributed by atoms with E-state index >= 15 is 0 Å². The average Bonchev–Trinajstić information content (AvgIpc) is 3.49. The van der Waals surface area contributed by atoms with Crippen molar-refractivity contribution in [3.63, 3.8) is 0 Å². The lowest BCUT2D eigenvalue weighted by atomic mass is 9.85. The summed E-state index contributed by atoms with van der Waals surface area (Å²) in [7, 11) is 0. The van der Waals surface area contributed by atoms with Crippen LogP contribution in [0.4, 0.5) is 0 Å². The number of carbonyl (C=O) groups excluding carboxylic acids is 3. The number of aliphatic hydroxyl groups is 1. The largest absolute Gasteiger partial charge is 0.391 e. The van der Waals surface area contributed by atoms with Crippen LogP contribution >= 0.6 is 11.3 Å². The standard InChI is InChI=1S/C28H41N5O5S/c1-17(19-7-9-20(10-8-19)24-18(2)30-16-39-24)31-26(36)22-13-21(34)14-33(22)27(37)25(28(3,4)5)32-23(35)15-38-12-6-11-29/h7-10,16-17,21-22,25,34H,6,11-15,29H2,1-5H3,(H,31,36)(H,32,35)/t17?,21-,22+,25?/m1/s1. The fraction of sp³-hybridized carbons (Fsp3) is 0.571. The van der Waals surface area contributed by atoms with Crippen LogP contribution in [0, 0.1) is 12.3 Å². The number of nitrogens with one attached hydrogen (secondary N) is 2. The molecule has 3 rings (SSSR count). The Morgan fingerprint density at radius 3 is 2.51 bits per heavy atom. The zero-order chi connectivity index (χ0) is 28.7. The first-order chi connectivity index (χ1) is 18.4. The lowest BCUT2D eigenvalue weighted by molar-refractivity contribution is -0.144. The monoisotopic (exact) mass is 559 g/mol. The van der Waals surface area contributed by atoms with Crippen molar-refractivity contribution in [2.45, 2.75) is 71.7 Å². The molecule has 0 radical (unpaired) electrons. The summed E-state index contributed by atoms with van der Waals surface area (Å²) in [5, 5.41) is 16.2. The molecule has 2 unspecified atom stereocenters. The van der Waals surface area contributed by atoms with E-state index in [1.54, 1.807) is 11.3 Å². The number of benzene rings is 1. The number of nitrogens with zero attached hydrogens (tertiary/aromatic N) is 2. The molecular weight excluding hydrogens is 518 g/mol. The first-order valence-electron chi connectivity index (χ1n) is 13.3. The Morgan fingerprint density at radius 2 is 1.92 bits per heavy atom. The van der Waals surface area contributed by atoms with Crippen LogP contribution in [0.15, 0.2) is 29.8 Å². The zero-order valence-electron chi connectivity index (χ0n) is 23.4. The molecule has 1 saturated heterocycles. The summed E-state index contributed by atoms with van der Waals surface area (Å²) >= 11 is 1.58. The predicted molar refractivity (Wildman–Crippen MR) is 151 cm³/mol. The summed E-state index contributed by atoms with van der Waals surface area (Å²) in [5.41, 5.74) is 9.58. The number of carbonyl (C=O) groups is 3. The van der Waals surface area contributed by atoms with E-state index in [1.165, 1.54) is 4.90 Å². The quantitative estimate of drug-likeness (QED) is 0.309. The fourth-order valence-corrected chi connectivity index (χ4v) is 5.38. The Bertz CT molecular complexity index is 1130. The van der Waals surface area contributed by atoms with E-state index in [1.807, 2.05) is 64.4 Å². The third kappa shape index (κ3) is 8.07. The van der Waals surface area contributed by atoms with Crippen LogP contribution in [0.1, 0.15) is 57.8 Å². The van der Waals surface area contributed by atoms with Crippen molar-refractivity contribution in [1.82, 2.24) is 20.5 Å². The number of ether oxygens (including phenoxy) is 1. The normalized spacial score (nSPS) is 19.0. The number of hydrogen-bond donors (Lipinski definition) is 4. The van der Waals surface area contributed by atoms with Gasteiger partial charge in [-0.25, -0.2) is 4.98 Å². The Balaban J connectivity index is 1.68. The molecule has 4 atom stereocenters. The van der Waals surface area contributed by atoms with E-state index in [-0.39, 0.29) is 31.5 Å². The number of likely N-dealkylation sites (tertiary alicyclic amines) is 1. The number of β-amino-alcohol motifs (C(OH)–C–C–N with tert-alkyl or cyclic N) is 1. The van der Waals surface area contributed by atoms with E-state index in [9.17, 15) is 19.5 Å². The highest BCUT2D eigenvalue weighted by Crippen LogP contribution is 2.29. The molecule has 0 bridgehead atoms. The molecule has 0 saturated carbocycles. The van der Waals surface area contributed by atoms with E-state index < -0.39 is 35.4 Å². The van der Waals surface area contributed by atoms with Crippen molar-refractivity contribution in [2.75, 3.05) is 26.3 Å². The number of thiazole rings is 1. The third-order valence-electron chi connectivity index (χ3n) is 6.79. The molecule has 0 spiro atoms. The number of rotatable bonds is 11. The van der Waals surface area contributed by atoms with Crippen LogP contribution in [0.3, 0.4) is 0 Å². The molecule has 3 amide bonds. The molecule has 1 aliphatic rings. The van der Waals surface area contributed by atoms with Crippen molar-refractivity contribution < 1.29 is 24.2 Å². The summed E-state index contributed by atoms with van der Waals surface area (Å²) in [5.74, 6) is -1.18. The second-order valence-electron chi connectivity index (χ2n) is 11.1. The second kappa shape index (κ2) is 13.5. The predicted octanol–water partition coefficient (Wildman–Crippen LogP) is 2.15. The summed E-state index contributed by atoms with van der Waals surface area (Å²) in [6.45, 7) is 10.0. The molecule has 1 fully saturated rings. The van der Waals surface area contributed by atoms with Gasteiger partial charge in [0, 0.05) is 19.6 Å². The van der Waals surface area contributed by atoms with Gasteiger partial charge in [0.25, 0.3) is 0 Å². The zero-order valence-corrected chi connectivity index (χ0v) is 24.2. The maximum absolute atomic E-state index is 13.7. The molecular formula is C28H41N5O5S. The summed E-state index contributed by atoms with van der Waals surface area (Å²) < 4.78 is 5.33. The third-order valence-corrected chi connectivity index (χ3v) is 7.76. The number of amides is 3. The van der Waals surface area contributed by atoms with Crippen LogP contribution in [-0.2, 0) is 19.1 Å². The van der Waals surface area contributed by atoms with Gasteiger partial charge < -0.3 is 31.1 Å². The van der Waals surface area contributed by atoms with Gasteiger partial charge >= 0.3 is 0 Å². The van der Waals surface area contributed by atoms with Gasteiger partial charge in [0.1, 0.15) is 18.7 Å². The van der Waals surface area contributed by atoms with E-state index in [4.69, 9.17) is 10.5 Å². The summed E-state index contributed by atoms with van der Waals surface area (Å²) in [6.07, 6.45) is -0.0788. The Morgan fingerprint density at radius 1 is 1.23 bits per heavy atom. The van der Waals surface area contributed by atoms with Gasteiger partial charge in [-0.15, -0.1) is 11.3 Å². The van der Waals surface area contributed by atoms with Crippen LogP contribution in [-0.4, -0.2) is 77.2 Å². The molecule has 214 valence electrons. The molecule has 1 aromatic heterocycles. The minimum Gasteiger partial charge on any atom is -0.391 e. The van der Waals surface area contributed by atoms with Crippen LogP contribution in [0.25, 0.3) is 10.4 Å². The van der Waals surface area contributed by atoms with E-state index in [0.717, 1.165) is 21.7 Å². The van der Waals surface area contributed by atoms with Crippen molar-refractivity contribution in [3.8, 4) is 10.4 Å².